The Bertz CT molecular complexity index is 705. The van der Waals surface area contributed by atoms with Crippen LogP contribution in [0, 0.1) is 0 Å². The lowest BCUT2D eigenvalue weighted by molar-refractivity contribution is -0.148. The van der Waals surface area contributed by atoms with E-state index in [1.807, 2.05) is 24.3 Å². The lowest BCUT2D eigenvalue weighted by atomic mass is 10.1. The predicted octanol–water partition coefficient (Wildman–Crippen LogP) is 1.97. The van der Waals surface area contributed by atoms with Gasteiger partial charge in [0, 0.05) is 11.8 Å². The van der Waals surface area contributed by atoms with E-state index in [1.165, 1.54) is 0 Å². The number of ether oxygens (including phenoxy) is 1. The summed E-state index contributed by atoms with van der Waals surface area (Å²) in [6.45, 7) is 0. The molecule has 0 aliphatic heterocycles. The second-order valence-electron chi connectivity index (χ2n) is 4.50. The third-order valence-corrected chi connectivity index (χ3v) is 3.83. The van der Waals surface area contributed by atoms with Gasteiger partial charge in [0.05, 0.1) is 19.2 Å². The number of aliphatic carboxylic acids is 1. The van der Waals surface area contributed by atoms with Crippen molar-refractivity contribution in [1.29, 1.82) is 0 Å². The van der Waals surface area contributed by atoms with Crippen molar-refractivity contribution in [1.82, 2.24) is 4.98 Å². The van der Waals surface area contributed by atoms with Gasteiger partial charge in [0.1, 0.15) is 5.75 Å². The quantitative estimate of drug-likeness (QED) is 0.476. The number of aromatic nitrogens is 1. The molecule has 1 aromatic heterocycles. The van der Waals surface area contributed by atoms with Gasteiger partial charge in [-0.2, -0.15) is 0 Å². The van der Waals surface area contributed by atoms with Crippen LogP contribution in [0.1, 0.15) is 27.5 Å². The topological polar surface area (TPSA) is 93.6 Å². The van der Waals surface area contributed by atoms with E-state index < -0.39 is 24.0 Å². The molecule has 7 heteroatoms. The van der Waals surface area contributed by atoms with Crippen LogP contribution in [0.5, 0.6) is 5.75 Å². The molecule has 0 aliphatic rings. The second-order valence-corrected chi connectivity index (χ2v) is 5.36. The molecule has 1 N–H and O–H groups in total. The lowest BCUT2D eigenvalue weighted by Gasteiger charge is -2.01. The first kappa shape index (κ1) is 15.8. The van der Waals surface area contributed by atoms with Crippen LogP contribution < -0.4 is 4.74 Å². The number of rotatable bonds is 7. The zero-order valence-corrected chi connectivity index (χ0v) is 12.6. The number of ketones is 2. The first-order chi connectivity index (χ1) is 10.5. The molecule has 0 fully saturated rings. The van der Waals surface area contributed by atoms with Crippen LogP contribution in [0.2, 0.25) is 0 Å². The van der Waals surface area contributed by atoms with E-state index in [0.717, 1.165) is 22.6 Å². The van der Waals surface area contributed by atoms with Gasteiger partial charge in [0.2, 0.25) is 5.78 Å². The number of carboxylic acid groups (broad SMARTS) is 1. The van der Waals surface area contributed by atoms with E-state index in [4.69, 9.17) is 9.84 Å². The summed E-state index contributed by atoms with van der Waals surface area (Å²) in [7, 11) is 1.59. The Balaban J connectivity index is 2.02. The van der Waals surface area contributed by atoms with E-state index in [1.54, 1.807) is 12.5 Å². The Labute approximate surface area is 130 Å². The second kappa shape index (κ2) is 6.95. The van der Waals surface area contributed by atoms with Crippen LogP contribution in [0.4, 0.5) is 0 Å². The van der Waals surface area contributed by atoms with Gasteiger partial charge in [0.25, 0.3) is 0 Å². The highest BCUT2D eigenvalue weighted by molar-refractivity contribution is 7.11. The number of methoxy groups -OCH3 is 1. The highest BCUT2D eigenvalue weighted by atomic mass is 32.1. The zero-order chi connectivity index (χ0) is 16.1. The molecule has 0 saturated heterocycles. The van der Waals surface area contributed by atoms with Crippen molar-refractivity contribution in [3.05, 3.63) is 45.9 Å². The van der Waals surface area contributed by atoms with E-state index in [0.29, 0.717) is 12.1 Å². The van der Waals surface area contributed by atoms with Gasteiger partial charge < -0.3 is 9.84 Å². The fourth-order valence-corrected chi connectivity index (χ4v) is 2.52. The van der Waals surface area contributed by atoms with Gasteiger partial charge in [-0.3, -0.25) is 9.59 Å². The van der Waals surface area contributed by atoms with Crippen molar-refractivity contribution in [3.8, 4) is 5.75 Å². The minimum Gasteiger partial charge on any atom is -0.497 e. The third-order valence-electron chi connectivity index (χ3n) is 2.89. The highest BCUT2D eigenvalue weighted by Crippen LogP contribution is 2.18. The number of carboxylic acids is 1. The Kier molecular flexibility index (Phi) is 5.00. The maximum absolute atomic E-state index is 11.8. The minimum absolute atomic E-state index is 0.151. The summed E-state index contributed by atoms with van der Waals surface area (Å²) in [5.74, 6) is -2.55. The van der Waals surface area contributed by atoms with Crippen LogP contribution in [-0.4, -0.2) is 34.7 Å². The Morgan fingerprint density at radius 3 is 2.50 bits per heavy atom. The molecule has 22 heavy (non-hydrogen) atoms. The van der Waals surface area contributed by atoms with Crippen molar-refractivity contribution in [2.24, 2.45) is 0 Å². The Morgan fingerprint density at radius 1 is 1.23 bits per heavy atom. The fraction of sp³-hybridized carbons (Fsp3) is 0.200. The predicted molar refractivity (Wildman–Crippen MR) is 79.5 cm³/mol. The molecule has 2 rings (SSSR count). The number of carbonyl (C=O) groups excluding carboxylic acids is 2. The molecule has 0 amide bonds. The first-order valence-electron chi connectivity index (χ1n) is 6.36. The molecule has 0 unspecified atom stereocenters. The van der Waals surface area contributed by atoms with Crippen molar-refractivity contribution < 1.29 is 24.2 Å². The summed E-state index contributed by atoms with van der Waals surface area (Å²) in [4.78, 5) is 37.4. The molecule has 0 saturated carbocycles. The average molecular weight is 319 g/mol. The van der Waals surface area contributed by atoms with Crippen LogP contribution in [0.15, 0.2) is 29.6 Å². The SMILES string of the molecule is COc1ccc(Cc2csc(C(=O)CC(=O)C(=O)O)n2)cc1. The highest BCUT2D eigenvalue weighted by Gasteiger charge is 2.20. The summed E-state index contributed by atoms with van der Waals surface area (Å²) in [5, 5.41) is 10.4. The summed E-state index contributed by atoms with van der Waals surface area (Å²) in [5.41, 5.74) is 1.70. The molecular weight excluding hydrogens is 306 g/mol. The normalized spacial score (nSPS) is 10.2. The zero-order valence-electron chi connectivity index (χ0n) is 11.7. The van der Waals surface area contributed by atoms with Gasteiger partial charge in [-0.05, 0) is 17.7 Å². The number of nitrogens with zero attached hydrogens (tertiary/aromatic N) is 1. The number of thiazole rings is 1. The van der Waals surface area contributed by atoms with Gasteiger partial charge >= 0.3 is 5.97 Å². The van der Waals surface area contributed by atoms with Gasteiger partial charge in [-0.15, -0.1) is 11.3 Å². The van der Waals surface area contributed by atoms with E-state index in [9.17, 15) is 14.4 Å². The van der Waals surface area contributed by atoms with Gasteiger partial charge in [0.15, 0.2) is 10.8 Å². The van der Waals surface area contributed by atoms with E-state index in [-0.39, 0.29) is 5.01 Å². The van der Waals surface area contributed by atoms with Gasteiger partial charge in [-0.25, -0.2) is 9.78 Å². The molecule has 0 bridgehead atoms. The smallest absolute Gasteiger partial charge is 0.372 e. The molecule has 6 nitrogen and oxygen atoms in total. The number of benzene rings is 1. The Hall–Kier alpha value is -2.54. The fourth-order valence-electron chi connectivity index (χ4n) is 1.77. The van der Waals surface area contributed by atoms with Gasteiger partial charge in [-0.1, -0.05) is 12.1 Å². The molecule has 0 radical (unpaired) electrons. The van der Waals surface area contributed by atoms with Crippen molar-refractivity contribution in [2.45, 2.75) is 12.8 Å². The molecule has 0 atom stereocenters. The summed E-state index contributed by atoms with van der Waals surface area (Å²) in [6, 6.07) is 7.46. The molecule has 1 aromatic carbocycles. The maximum atomic E-state index is 11.8. The van der Waals surface area contributed by atoms with Crippen LogP contribution in [-0.2, 0) is 16.0 Å². The molecule has 0 spiro atoms. The number of hydrogen-bond acceptors (Lipinski definition) is 6. The summed E-state index contributed by atoms with van der Waals surface area (Å²) < 4.78 is 5.07. The van der Waals surface area contributed by atoms with Crippen molar-refractivity contribution in [2.75, 3.05) is 7.11 Å². The minimum atomic E-state index is -1.61. The van der Waals surface area contributed by atoms with Crippen molar-refractivity contribution >= 4 is 28.9 Å². The monoisotopic (exact) mass is 319 g/mol. The maximum Gasteiger partial charge on any atom is 0.372 e. The number of Topliss-reactive ketones (excluding diaryl/α,β-unsaturated/α-hetero) is 2. The molecule has 0 aliphatic carbocycles. The molecule has 1 heterocycles. The molecule has 2 aromatic rings. The number of carbonyl (C=O) groups is 3. The lowest BCUT2D eigenvalue weighted by Crippen LogP contribution is -2.17. The van der Waals surface area contributed by atoms with Crippen molar-refractivity contribution in [3.63, 3.8) is 0 Å². The Morgan fingerprint density at radius 2 is 1.91 bits per heavy atom. The largest absolute Gasteiger partial charge is 0.497 e. The summed E-state index contributed by atoms with van der Waals surface area (Å²) in [6.07, 6.45) is -0.120. The average Bonchev–Trinajstić information content (AvgIpc) is 2.96. The third kappa shape index (κ3) is 3.98. The standard InChI is InChI=1S/C15H13NO5S/c1-21-11-4-2-9(3-5-11)6-10-8-22-14(16-10)12(17)7-13(18)15(19)20/h2-5,8H,6-7H2,1H3,(H,19,20). The molecule has 114 valence electrons. The van der Waals surface area contributed by atoms with Crippen LogP contribution >= 0.6 is 11.3 Å². The number of hydrogen-bond donors (Lipinski definition) is 1. The van der Waals surface area contributed by atoms with E-state index >= 15 is 0 Å². The summed E-state index contributed by atoms with van der Waals surface area (Å²) >= 11 is 1.11. The van der Waals surface area contributed by atoms with Crippen LogP contribution in [0.3, 0.4) is 0 Å². The first-order valence-corrected chi connectivity index (χ1v) is 7.24. The van der Waals surface area contributed by atoms with Crippen LogP contribution in [0.25, 0.3) is 0 Å². The molecular formula is C15H13NO5S. The van der Waals surface area contributed by atoms with E-state index in [2.05, 4.69) is 4.98 Å².